The molecule has 2 rings (SSSR count). The molecule has 0 aromatic heterocycles. The summed E-state index contributed by atoms with van der Waals surface area (Å²) in [5, 5.41) is 10.9. The number of hydrogen-bond donors (Lipinski definition) is 1. The maximum atomic E-state index is 13.2. The zero-order chi connectivity index (χ0) is 15.6. The van der Waals surface area contributed by atoms with Crippen molar-refractivity contribution in [1.29, 1.82) is 0 Å². The van der Waals surface area contributed by atoms with Crippen LogP contribution in [0.25, 0.3) is 0 Å². The van der Waals surface area contributed by atoms with Crippen LogP contribution < -0.4 is 10.5 Å². The molecule has 1 atom stereocenters. The Hall–Kier alpha value is -2.54. The molecular weight excluding hydrogens is 282 g/mol. The minimum atomic E-state index is -0.756. The molecule has 0 bridgehead atoms. The molecule has 0 radical (unpaired) electrons. The number of benzene rings is 2. The van der Waals surface area contributed by atoms with Crippen LogP contribution >= 0.6 is 0 Å². The van der Waals surface area contributed by atoms with Crippen molar-refractivity contribution < 1.29 is 18.4 Å². The second-order valence-electron chi connectivity index (χ2n) is 4.44. The first-order valence-electron chi connectivity index (χ1n) is 6.05. The fraction of sp³-hybridized carbons (Fsp3) is 0.143. The number of nitrogens with two attached hydrogens (primary N) is 1. The van der Waals surface area contributed by atoms with Crippen LogP contribution in [-0.2, 0) is 0 Å². The Balaban J connectivity index is 2.46. The quantitative estimate of drug-likeness (QED) is 0.689. The minimum Gasteiger partial charge on any atom is -0.450 e. The Kier molecular flexibility index (Phi) is 4.13. The molecule has 5 nitrogen and oxygen atoms in total. The van der Waals surface area contributed by atoms with E-state index in [-0.39, 0.29) is 11.5 Å². The maximum absolute atomic E-state index is 13.2. The van der Waals surface area contributed by atoms with Gasteiger partial charge < -0.3 is 10.5 Å². The Morgan fingerprint density at radius 2 is 1.71 bits per heavy atom. The lowest BCUT2D eigenvalue weighted by molar-refractivity contribution is -0.385. The van der Waals surface area contributed by atoms with Crippen LogP contribution in [0.4, 0.5) is 14.5 Å². The standard InChI is InChI=1S/C14H12F2N2O3/c1-8(17)11-6-9(15)2-4-13(11)21-14-5-3-10(16)7-12(14)18(19)20/h2-8H,17H2,1H3/t8-/m1/s1. The van der Waals surface area contributed by atoms with Crippen LogP contribution in [0.2, 0.25) is 0 Å². The highest BCUT2D eigenvalue weighted by molar-refractivity contribution is 5.50. The van der Waals surface area contributed by atoms with Gasteiger partial charge in [0.25, 0.3) is 0 Å². The minimum absolute atomic E-state index is 0.144. The van der Waals surface area contributed by atoms with E-state index in [4.69, 9.17) is 10.5 Å². The van der Waals surface area contributed by atoms with Crippen molar-refractivity contribution in [3.05, 3.63) is 63.7 Å². The number of nitro benzene ring substituents is 1. The highest BCUT2D eigenvalue weighted by atomic mass is 19.1. The van der Waals surface area contributed by atoms with Crippen molar-refractivity contribution in [3.63, 3.8) is 0 Å². The molecule has 0 saturated heterocycles. The van der Waals surface area contributed by atoms with Gasteiger partial charge >= 0.3 is 5.69 Å². The summed E-state index contributed by atoms with van der Waals surface area (Å²) in [6.07, 6.45) is 0. The van der Waals surface area contributed by atoms with Gasteiger partial charge in [-0.1, -0.05) is 0 Å². The van der Waals surface area contributed by atoms with Crippen molar-refractivity contribution in [2.24, 2.45) is 5.73 Å². The molecule has 110 valence electrons. The predicted octanol–water partition coefficient (Wildman–Crippen LogP) is 3.69. The topological polar surface area (TPSA) is 78.4 Å². The number of halogens is 2. The summed E-state index contributed by atoms with van der Waals surface area (Å²) in [6, 6.07) is 6.06. The van der Waals surface area contributed by atoms with Crippen molar-refractivity contribution in [1.82, 2.24) is 0 Å². The Labute approximate surface area is 119 Å². The second-order valence-corrected chi connectivity index (χ2v) is 4.44. The predicted molar refractivity (Wildman–Crippen MR) is 72.1 cm³/mol. The molecule has 2 aromatic carbocycles. The van der Waals surface area contributed by atoms with Gasteiger partial charge in [-0.15, -0.1) is 0 Å². The lowest BCUT2D eigenvalue weighted by Crippen LogP contribution is -2.07. The summed E-state index contributed by atoms with van der Waals surface area (Å²) in [5.41, 5.74) is 5.56. The van der Waals surface area contributed by atoms with Crippen molar-refractivity contribution in [3.8, 4) is 11.5 Å². The molecule has 0 fully saturated rings. The maximum Gasteiger partial charge on any atom is 0.314 e. The SMILES string of the molecule is C[C@@H](N)c1cc(F)ccc1Oc1ccc(F)cc1[N+](=O)[O-]. The average molecular weight is 294 g/mol. The van der Waals surface area contributed by atoms with Gasteiger partial charge in [0.2, 0.25) is 5.75 Å². The molecule has 7 heteroatoms. The zero-order valence-electron chi connectivity index (χ0n) is 11.0. The van der Waals surface area contributed by atoms with E-state index in [0.29, 0.717) is 5.56 Å². The lowest BCUT2D eigenvalue weighted by atomic mass is 10.1. The smallest absolute Gasteiger partial charge is 0.314 e. The molecule has 2 aromatic rings. The van der Waals surface area contributed by atoms with E-state index in [9.17, 15) is 18.9 Å². The first-order valence-corrected chi connectivity index (χ1v) is 6.05. The van der Waals surface area contributed by atoms with Gasteiger partial charge in [0.15, 0.2) is 0 Å². The van der Waals surface area contributed by atoms with Gasteiger partial charge in [0.1, 0.15) is 17.4 Å². The number of rotatable bonds is 4. The van der Waals surface area contributed by atoms with E-state index in [0.717, 1.165) is 24.3 Å². The summed E-state index contributed by atoms with van der Waals surface area (Å²) < 4.78 is 31.7. The van der Waals surface area contributed by atoms with Crippen LogP contribution in [0.15, 0.2) is 36.4 Å². The summed E-state index contributed by atoms with van der Waals surface area (Å²) in [7, 11) is 0. The first kappa shape index (κ1) is 14.9. The molecule has 0 saturated carbocycles. The number of ether oxygens (including phenoxy) is 1. The Morgan fingerprint density at radius 1 is 1.14 bits per heavy atom. The summed E-state index contributed by atoms with van der Waals surface area (Å²) in [6.45, 7) is 1.63. The monoisotopic (exact) mass is 294 g/mol. The normalized spacial score (nSPS) is 12.0. The second kappa shape index (κ2) is 5.84. The van der Waals surface area contributed by atoms with E-state index in [1.807, 2.05) is 0 Å². The number of nitro groups is 1. The van der Waals surface area contributed by atoms with Gasteiger partial charge in [-0.25, -0.2) is 8.78 Å². The Bertz CT molecular complexity index is 690. The summed E-state index contributed by atoms with van der Waals surface area (Å²) in [4.78, 5) is 10.2. The summed E-state index contributed by atoms with van der Waals surface area (Å²) in [5.74, 6) is -1.21. The van der Waals surface area contributed by atoms with E-state index in [1.54, 1.807) is 6.92 Å². The van der Waals surface area contributed by atoms with E-state index < -0.39 is 28.3 Å². The highest BCUT2D eigenvalue weighted by Crippen LogP contribution is 2.35. The zero-order valence-corrected chi connectivity index (χ0v) is 11.0. The fourth-order valence-electron chi connectivity index (χ4n) is 1.81. The van der Waals surface area contributed by atoms with Crippen LogP contribution in [0, 0.1) is 21.7 Å². The van der Waals surface area contributed by atoms with Crippen LogP contribution in [0.3, 0.4) is 0 Å². The third kappa shape index (κ3) is 3.32. The number of nitrogens with zero attached hydrogens (tertiary/aromatic N) is 1. The van der Waals surface area contributed by atoms with Gasteiger partial charge in [0.05, 0.1) is 11.0 Å². The summed E-state index contributed by atoms with van der Waals surface area (Å²) >= 11 is 0. The van der Waals surface area contributed by atoms with Gasteiger partial charge in [-0.3, -0.25) is 10.1 Å². The van der Waals surface area contributed by atoms with E-state index >= 15 is 0 Å². The molecule has 0 unspecified atom stereocenters. The molecule has 21 heavy (non-hydrogen) atoms. The fourth-order valence-corrected chi connectivity index (χ4v) is 1.81. The molecule has 0 aliphatic rings. The van der Waals surface area contributed by atoms with Gasteiger partial charge in [-0.2, -0.15) is 0 Å². The van der Waals surface area contributed by atoms with Gasteiger partial charge in [0, 0.05) is 11.6 Å². The highest BCUT2D eigenvalue weighted by Gasteiger charge is 2.19. The third-order valence-electron chi connectivity index (χ3n) is 2.80. The van der Waals surface area contributed by atoms with Crippen molar-refractivity contribution >= 4 is 5.69 Å². The van der Waals surface area contributed by atoms with Crippen LogP contribution in [-0.4, -0.2) is 4.92 Å². The molecular formula is C14H12F2N2O3. The molecule has 0 amide bonds. The van der Waals surface area contributed by atoms with Gasteiger partial charge in [-0.05, 0) is 37.3 Å². The molecule has 0 heterocycles. The van der Waals surface area contributed by atoms with Crippen molar-refractivity contribution in [2.75, 3.05) is 0 Å². The first-order chi connectivity index (χ1) is 9.88. The Morgan fingerprint density at radius 3 is 2.29 bits per heavy atom. The average Bonchev–Trinajstić information content (AvgIpc) is 2.42. The van der Waals surface area contributed by atoms with Crippen LogP contribution in [0.1, 0.15) is 18.5 Å². The largest absolute Gasteiger partial charge is 0.450 e. The molecule has 2 N–H and O–H groups in total. The van der Waals surface area contributed by atoms with E-state index in [2.05, 4.69) is 0 Å². The lowest BCUT2D eigenvalue weighted by Gasteiger charge is -2.13. The van der Waals surface area contributed by atoms with Crippen LogP contribution in [0.5, 0.6) is 11.5 Å². The molecule has 0 aliphatic heterocycles. The molecule has 0 aliphatic carbocycles. The van der Waals surface area contributed by atoms with Crippen molar-refractivity contribution in [2.45, 2.75) is 13.0 Å². The molecule has 0 spiro atoms. The van der Waals surface area contributed by atoms with E-state index in [1.165, 1.54) is 12.1 Å². The third-order valence-corrected chi connectivity index (χ3v) is 2.80. The number of hydrogen-bond acceptors (Lipinski definition) is 4.